The van der Waals surface area contributed by atoms with E-state index < -0.39 is 17.8 Å². The molecule has 1 atom stereocenters. The Morgan fingerprint density at radius 3 is 2.52 bits per heavy atom. The molecule has 1 aromatic rings. The molecule has 2 amide bonds. The van der Waals surface area contributed by atoms with E-state index in [1.165, 1.54) is 0 Å². The van der Waals surface area contributed by atoms with Gasteiger partial charge >= 0.3 is 5.97 Å². The topological polar surface area (TPSA) is 95.5 Å². The number of carbonyl (C=O) groups excluding carboxylic acids is 2. The number of nitrogens with one attached hydrogen (secondary N) is 2. The zero-order valence-electron chi connectivity index (χ0n) is 12.2. The average molecular weight is 292 g/mol. The summed E-state index contributed by atoms with van der Waals surface area (Å²) >= 11 is 0. The molecular formula is C15H20N2O4. The molecule has 0 aliphatic heterocycles. The Balaban J connectivity index is 2.39. The minimum Gasteiger partial charge on any atom is -0.481 e. The first-order valence-corrected chi connectivity index (χ1v) is 6.78. The van der Waals surface area contributed by atoms with E-state index in [0.717, 1.165) is 5.56 Å². The van der Waals surface area contributed by atoms with Gasteiger partial charge in [-0.2, -0.15) is 0 Å². The van der Waals surface area contributed by atoms with Gasteiger partial charge in [0.15, 0.2) is 0 Å². The van der Waals surface area contributed by atoms with Crippen molar-refractivity contribution in [3.63, 3.8) is 0 Å². The Labute approximate surface area is 123 Å². The van der Waals surface area contributed by atoms with E-state index in [4.69, 9.17) is 5.11 Å². The molecule has 0 spiro atoms. The predicted molar refractivity (Wildman–Crippen MR) is 77.9 cm³/mol. The minimum atomic E-state index is -0.943. The minimum absolute atomic E-state index is 0.0605. The molecule has 1 rings (SSSR count). The zero-order valence-corrected chi connectivity index (χ0v) is 12.2. The van der Waals surface area contributed by atoms with Gasteiger partial charge in [-0.05, 0) is 25.5 Å². The molecule has 0 aliphatic rings. The van der Waals surface area contributed by atoms with E-state index in [9.17, 15) is 14.4 Å². The van der Waals surface area contributed by atoms with Crippen LogP contribution in [0.1, 0.15) is 29.3 Å². The summed E-state index contributed by atoms with van der Waals surface area (Å²) in [6, 6.07) is 7.03. The summed E-state index contributed by atoms with van der Waals surface area (Å²) in [4.78, 5) is 34.2. The third-order valence-electron chi connectivity index (χ3n) is 3.08. The number of benzene rings is 1. The number of aliphatic carboxylic acids is 1. The van der Waals surface area contributed by atoms with Crippen molar-refractivity contribution < 1.29 is 19.5 Å². The first kappa shape index (κ1) is 16.7. The van der Waals surface area contributed by atoms with E-state index in [1.807, 2.05) is 13.0 Å². The highest BCUT2D eigenvalue weighted by Gasteiger charge is 2.16. The van der Waals surface area contributed by atoms with E-state index in [0.29, 0.717) is 12.0 Å². The van der Waals surface area contributed by atoms with Gasteiger partial charge < -0.3 is 15.7 Å². The lowest BCUT2D eigenvalue weighted by Crippen LogP contribution is -2.40. The zero-order chi connectivity index (χ0) is 15.8. The predicted octanol–water partition coefficient (Wildman–Crippen LogP) is 0.952. The van der Waals surface area contributed by atoms with E-state index in [2.05, 4.69) is 10.6 Å². The van der Waals surface area contributed by atoms with Crippen LogP contribution in [0.4, 0.5) is 0 Å². The molecule has 0 bridgehead atoms. The lowest BCUT2D eigenvalue weighted by molar-refractivity contribution is -0.141. The number of amides is 2. The molecule has 0 aliphatic carbocycles. The molecule has 1 unspecified atom stereocenters. The number of carboxylic acids is 1. The molecule has 0 heterocycles. The van der Waals surface area contributed by atoms with E-state index in [-0.39, 0.29) is 19.0 Å². The highest BCUT2D eigenvalue weighted by Crippen LogP contribution is 2.03. The number of hydrogen-bond donors (Lipinski definition) is 3. The highest BCUT2D eigenvalue weighted by molar-refractivity contribution is 5.96. The molecule has 0 saturated heterocycles. The second kappa shape index (κ2) is 8.04. The van der Waals surface area contributed by atoms with Crippen molar-refractivity contribution in [3.8, 4) is 0 Å². The van der Waals surface area contributed by atoms with Gasteiger partial charge in [0, 0.05) is 12.1 Å². The number of aryl methyl sites for hydroxylation is 1. The molecule has 0 saturated carbocycles. The molecule has 6 heteroatoms. The third-order valence-corrected chi connectivity index (χ3v) is 3.08. The maximum absolute atomic E-state index is 11.8. The fourth-order valence-electron chi connectivity index (χ4n) is 1.75. The maximum Gasteiger partial charge on any atom is 0.308 e. The standard InChI is InChI=1S/C15H20N2O4/c1-3-11(15(20)21)8-16-13(18)9-17-14(19)12-6-4-5-10(2)7-12/h4-7,11H,3,8-9H2,1-2H3,(H,16,18)(H,17,19)(H,20,21). The van der Waals surface area contributed by atoms with Crippen molar-refractivity contribution in [2.75, 3.05) is 13.1 Å². The second-order valence-corrected chi connectivity index (χ2v) is 4.80. The lowest BCUT2D eigenvalue weighted by atomic mass is 10.1. The third kappa shape index (κ3) is 5.64. The number of carbonyl (C=O) groups is 3. The summed E-state index contributed by atoms with van der Waals surface area (Å²) in [5.41, 5.74) is 1.44. The van der Waals surface area contributed by atoms with Crippen LogP contribution in [0.15, 0.2) is 24.3 Å². The Hall–Kier alpha value is -2.37. The van der Waals surface area contributed by atoms with Crippen LogP contribution < -0.4 is 10.6 Å². The van der Waals surface area contributed by atoms with Crippen LogP contribution in [0.2, 0.25) is 0 Å². The van der Waals surface area contributed by atoms with Crippen molar-refractivity contribution in [2.24, 2.45) is 5.92 Å². The summed E-state index contributed by atoms with van der Waals surface area (Å²) in [5.74, 6) is -2.29. The van der Waals surface area contributed by atoms with Crippen LogP contribution in [-0.4, -0.2) is 36.0 Å². The van der Waals surface area contributed by atoms with Gasteiger partial charge in [0.25, 0.3) is 5.91 Å². The molecule has 3 N–H and O–H groups in total. The van der Waals surface area contributed by atoms with Crippen molar-refractivity contribution in [3.05, 3.63) is 35.4 Å². The van der Waals surface area contributed by atoms with Crippen LogP contribution in [0.25, 0.3) is 0 Å². The van der Waals surface area contributed by atoms with Gasteiger partial charge in [-0.25, -0.2) is 0 Å². The molecule has 0 aromatic heterocycles. The number of hydrogen-bond acceptors (Lipinski definition) is 3. The van der Waals surface area contributed by atoms with Crippen LogP contribution in [0.3, 0.4) is 0 Å². The second-order valence-electron chi connectivity index (χ2n) is 4.80. The van der Waals surface area contributed by atoms with Crippen LogP contribution in [-0.2, 0) is 9.59 Å². The van der Waals surface area contributed by atoms with Crippen molar-refractivity contribution in [1.29, 1.82) is 0 Å². The summed E-state index contributed by atoms with van der Waals surface area (Å²) in [6.45, 7) is 3.50. The van der Waals surface area contributed by atoms with Crippen LogP contribution >= 0.6 is 0 Å². The summed E-state index contributed by atoms with van der Waals surface area (Å²) in [6.07, 6.45) is 0.436. The molecule has 0 radical (unpaired) electrons. The van der Waals surface area contributed by atoms with Gasteiger partial charge in [0.2, 0.25) is 5.91 Å². The van der Waals surface area contributed by atoms with Crippen molar-refractivity contribution in [2.45, 2.75) is 20.3 Å². The largest absolute Gasteiger partial charge is 0.481 e. The molecule has 0 fully saturated rings. The summed E-state index contributed by atoms with van der Waals surface area (Å²) in [7, 11) is 0. The van der Waals surface area contributed by atoms with Crippen molar-refractivity contribution >= 4 is 17.8 Å². The van der Waals surface area contributed by atoms with Gasteiger partial charge in [-0.1, -0.05) is 24.6 Å². The quantitative estimate of drug-likeness (QED) is 0.697. The van der Waals surface area contributed by atoms with Crippen LogP contribution in [0.5, 0.6) is 0 Å². The van der Waals surface area contributed by atoms with Crippen molar-refractivity contribution in [1.82, 2.24) is 10.6 Å². The normalized spacial score (nSPS) is 11.5. The van der Waals surface area contributed by atoms with Gasteiger partial charge in [-0.3, -0.25) is 14.4 Å². The molecule has 21 heavy (non-hydrogen) atoms. The number of carboxylic acid groups (broad SMARTS) is 1. The number of rotatable bonds is 7. The summed E-state index contributed by atoms with van der Waals surface area (Å²) in [5, 5.41) is 13.9. The van der Waals surface area contributed by atoms with E-state index in [1.54, 1.807) is 25.1 Å². The Bertz CT molecular complexity index is 528. The molecule has 1 aromatic carbocycles. The van der Waals surface area contributed by atoms with Crippen LogP contribution in [0, 0.1) is 12.8 Å². The lowest BCUT2D eigenvalue weighted by Gasteiger charge is -2.11. The summed E-state index contributed by atoms with van der Waals surface area (Å²) < 4.78 is 0. The maximum atomic E-state index is 11.8. The molecule has 114 valence electrons. The first-order valence-electron chi connectivity index (χ1n) is 6.78. The Morgan fingerprint density at radius 2 is 1.95 bits per heavy atom. The average Bonchev–Trinajstić information content (AvgIpc) is 2.45. The monoisotopic (exact) mass is 292 g/mol. The fraction of sp³-hybridized carbons (Fsp3) is 0.400. The van der Waals surface area contributed by atoms with Gasteiger partial charge in [-0.15, -0.1) is 0 Å². The van der Waals surface area contributed by atoms with Gasteiger partial charge in [0.05, 0.1) is 12.5 Å². The van der Waals surface area contributed by atoms with Gasteiger partial charge in [0.1, 0.15) is 0 Å². The SMILES string of the molecule is CCC(CNC(=O)CNC(=O)c1cccc(C)c1)C(=O)O. The van der Waals surface area contributed by atoms with E-state index >= 15 is 0 Å². The molecular weight excluding hydrogens is 272 g/mol. The Morgan fingerprint density at radius 1 is 1.24 bits per heavy atom. The Kier molecular flexibility index (Phi) is 6.39. The smallest absolute Gasteiger partial charge is 0.308 e. The highest BCUT2D eigenvalue weighted by atomic mass is 16.4. The first-order chi connectivity index (χ1) is 9.93. The fourth-order valence-corrected chi connectivity index (χ4v) is 1.75. The molecule has 6 nitrogen and oxygen atoms in total.